The van der Waals surface area contributed by atoms with Crippen LogP contribution in [0.2, 0.25) is 0 Å². The molecule has 7 heteroatoms. The number of rotatable bonds is 12. The molecular weight excluding hydrogens is 370 g/mol. The summed E-state index contributed by atoms with van der Waals surface area (Å²) in [7, 11) is 2.97. The second kappa shape index (κ2) is 11.6. The van der Waals surface area contributed by atoms with Crippen molar-refractivity contribution in [1.82, 2.24) is 13.9 Å². The van der Waals surface area contributed by atoms with E-state index < -0.39 is 0 Å². The number of esters is 1. The van der Waals surface area contributed by atoms with Crippen LogP contribution in [0.4, 0.5) is 0 Å². The van der Waals surface area contributed by atoms with Crippen molar-refractivity contribution in [3.8, 4) is 0 Å². The van der Waals surface area contributed by atoms with Crippen molar-refractivity contribution in [3.63, 3.8) is 0 Å². The summed E-state index contributed by atoms with van der Waals surface area (Å²) in [4.78, 5) is 36.4. The van der Waals surface area contributed by atoms with Crippen LogP contribution in [-0.2, 0) is 16.6 Å². The number of allylic oxidation sites excluding steroid dienone is 4. The third-order valence-electron chi connectivity index (χ3n) is 5.52. The second-order valence-electron chi connectivity index (χ2n) is 7.67. The van der Waals surface area contributed by atoms with Crippen LogP contribution in [0.1, 0.15) is 83.2 Å². The molecular formula is C22H35N3O4. The van der Waals surface area contributed by atoms with Gasteiger partial charge in [-0.1, -0.05) is 56.9 Å². The van der Waals surface area contributed by atoms with E-state index in [1.807, 2.05) is 0 Å². The topological polar surface area (TPSA) is 75.2 Å². The molecule has 0 bridgehead atoms. The molecule has 1 aliphatic rings. The summed E-state index contributed by atoms with van der Waals surface area (Å²) in [5, 5.41) is 0. The highest BCUT2D eigenvalue weighted by atomic mass is 16.5. The Morgan fingerprint density at radius 3 is 2.17 bits per heavy atom. The monoisotopic (exact) mass is 405 g/mol. The number of hydrogen-bond donors (Lipinski definition) is 0. The Morgan fingerprint density at radius 2 is 1.55 bits per heavy atom. The quantitative estimate of drug-likeness (QED) is 0.302. The van der Waals surface area contributed by atoms with Crippen LogP contribution < -0.4 is 11.4 Å². The summed E-state index contributed by atoms with van der Waals surface area (Å²) in [6, 6.07) is -0.151. The van der Waals surface area contributed by atoms with E-state index in [-0.39, 0.29) is 29.4 Å². The highest BCUT2D eigenvalue weighted by Gasteiger charge is 2.27. The van der Waals surface area contributed by atoms with Crippen molar-refractivity contribution in [2.24, 2.45) is 7.05 Å². The van der Waals surface area contributed by atoms with Gasteiger partial charge in [-0.2, -0.15) is 0 Å². The van der Waals surface area contributed by atoms with Crippen LogP contribution in [-0.4, -0.2) is 27.0 Å². The number of fused-ring (bicyclic) bond motifs is 1. The molecule has 0 aliphatic carbocycles. The summed E-state index contributed by atoms with van der Waals surface area (Å²) in [6.07, 6.45) is 17.4. The summed E-state index contributed by atoms with van der Waals surface area (Å²) in [5.41, 5.74) is -0.479. The first-order valence-electron chi connectivity index (χ1n) is 10.8. The molecule has 1 aliphatic heterocycles. The molecule has 0 saturated carbocycles. The SMILES string of the molecule is CC/C=C\CCC1C=CC(CCCCCCCC(=O)OC)n2c(=O)n(C)c(=O)n21. The lowest BCUT2D eigenvalue weighted by Crippen LogP contribution is -2.35. The molecule has 0 aromatic carbocycles. The van der Waals surface area contributed by atoms with E-state index in [9.17, 15) is 14.4 Å². The smallest absolute Gasteiger partial charge is 0.347 e. The van der Waals surface area contributed by atoms with Gasteiger partial charge in [0.2, 0.25) is 0 Å². The first-order chi connectivity index (χ1) is 14.0. The van der Waals surface area contributed by atoms with Crippen molar-refractivity contribution >= 4 is 5.97 Å². The number of methoxy groups -OCH3 is 1. The van der Waals surface area contributed by atoms with E-state index >= 15 is 0 Å². The molecule has 0 saturated heterocycles. The molecule has 2 heterocycles. The zero-order chi connectivity index (χ0) is 21.2. The molecule has 7 nitrogen and oxygen atoms in total. The van der Waals surface area contributed by atoms with Gasteiger partial charge in [-0.05, 0) is 32.1 Å². The summed E-state index contributed by atoms with van der Waals surface area (Å²) >= 11 is 0. The Bertz CT molecular complexity index is 828. The summed E-state index contributed by atoms with van der Waals surface area (Å²) in [6.45, 7) is 2.10. The van der Waals surface area contributed by atoms with Gasteiger partial charge in [0.05, 0.1) is 19.2 Å². The van der Waals surface area contributed by atoms with Gasteiger partial charge in [-0.3, -0.25) is 4.79 Å². The summed E-state index contributed by atoms with van der Waals surface area (Å²) < 4.78 is 9.14. The highest BCUT2D eigenvalue weighted by Crippen LogP contribution is 2.26. The van der Waals surface area contributed by atoms with Gasteiger partial charge in [0.1, 0.15) is 0 Å². The molecule has 2 rings (SSSR count). The molecule has 0 radical (unpaired) electrons. The van der Waals surface area contributed by atoms with E-state index in [1.165, 1.54) is 11.7 Å². The van der Waals surface area contributed by atoms with Crippen molar-refractivity contribution in [2.45, 2.75) is 83.2 Å². The number of hydrogen-bond acceptors (Lipinski definition) is 4. The van der Waals surface area contributed by atoms with Gasteiger partial charge in [0.25, 0.3) is 0 Å². The van der Waals surface area contributed by atoms with E-state index in [0.29, 0.717) is 6.42 Å². The molecule has 0 spiro atoms. The second-order valence-corrected chi connectivity index (χ2v) is 7.67. The van der Waals surface area contributed by atoms with Crippen LogP contribution in [0.3, 0.4) is 0 Å². The van der Waals surface area contributed by atoms with Crippen LogP contribution in [0.15, 0.2) is 33.9 Å². The zero-order valence-electron chi connectivity index (χ0n) is 18.0. The van der Waals surface area contributed by atoms with Crippen LogP contribution in [0, 0.1) is 0 Å². The number of carbonyl (C=O) groups is 1. The Balaban J connectivity index is 1.93. The normalized spacial score (nSPS) is 18.3. The minimum Gasteiger partial charge on any atom is -0.469 e. The number of nitrogens with zero attached hydrogens (tertiary/aromatic N) is 3. The van der Waals surface area contributed by atoms with Crippen molar-refractivity contribution in [1.29, 1.82) is 0 Å². The molecule has 2 unspecified atom stereocenters. The minimum absolute atomic E-state index is 0.0751. The lowest BCUT2D eigenvalue weighted by atomic mass is 10.0. The highest BCUT2D eigenvalue weighted by molar-refractivity contribution is 5.68. The Hall–Kier alpha value is -2.31. The largest absolute Gasteiger partial charge is 0.469 e. The maximum absolute atomic E-state index is 12.6. The van der Waals surface area contributed by atoms with E-state index in [0.717, 1.165) is 57.8 Å². The maximum Gasteiger partial charge on any atom is 0.347 e. The summed E-state index contributed by atoms with van der Waals surface area (Å²) in [5.74, 6) is -0.154. The molecule has 1 aromatic rings. The lowest BCUT2D eigenvalue weighted by molar-refractivity contribution is -0.140. The number of carbonyl (C=O) groups excluding carboxylic acids is 1. The molecule has 1 aromatic heterocycles. The van der Waals surface area contributed by atoms with Gasteiger partial charge in [0.15, 0.2) is 0 Å². The van der Waals surface area contributed by atoms with Crippen molar-refractivity contribution in [2.75, 3.05) is 7.11 Å². The fourth-order valence-corrected chi connectivity index (χ4v) is 3.84. The van der Waals surface area contributed by atoms with Crippen molar-refractivity contribution in [3.05, 3.63) is 45.3 Å². The first kappa shape index (κ1) is 23.0. The standard InChI is InChI=1S/C22H35N3O4/c1-4-5-6-10-13-18-16-17-19(25-22(28)23(2)21(27)24(18)25)14-11-8-7-9-12-15-20(26)29-3/h5-6,16-19H,4,7-15H2,1-3H3/b6-5-. The van der Waals surface area contributed by atoms with Gasteiger partial charge in [-0.15, -0.1) is 0 Å². The predicted octanol–water partition coefficient (Wildman–Crippen LogP) is 3.65. The first-order valence-corrected chi connectivity index (χ1v) is 10.8. The Kier molecular flexibility index (Phi) is 9.22. The lowest BCUT2D eigenvalue weighted by Gasteiger charge is -2.26. The average molecular weight is 406 g/mol. The molecule has 0 fully saturated rings. The fraction of sp³-hybridized carbons (Fsp3) is 0.682. The average Bonchev–Trinajstić information content (AvgIpc) is 2.96. The minimum atomic E-state index is -0.239. The molecule has 0 amide bonds. The van der Waals surface area contributed by atoms with Crippen LogP contribution in [0.25, 0.3) is 0 Å². The van der Waals surface area contributed by atoms with Gasteiger partial charge in [-0.25, -0.2) is 23.5 Å². The maximum atomic E-state index is 12.6. The zero-order valence-corrected chi connectivity index (χ0v) is 18.0. The Morgan fingerprint density at radius 1 is 0.966 bits per heavy atom. The van der Waals surface area contributed by atoms with Gasteiger partial charge in [0, 0.05) is 13.5 Å². The van der Waals surface area contributed by atoms with Gasteiger partial charge >= 0.3 is 17.3 Å². The van der Waals surface area contributed by atoms with Crippen molar-refractivity contribution < 1.29 is 9.53 Å². The van der Waals surface area contributed by atoms with E-state index in [1.54, 1.807) is 16.4 Å². The van der Waals surface area contributed by atoms with Crippen LogP contribution >= 0.6 is 0 Å². The molecule has 2 atom stereocenters. The number of unbranched alkanes of at least 4 members (excludes halogenated alkanes) is 4. The fourth-order valence-electron chi connectivity index (χ4n) is 3.84. The third kappa shape index (κ3) is 6.08. The van der Waals surface area contributed by atoms with Gasteiger partial charge < -0.3 is 4.74 Å². The Labute approximate surface area is 172 Å². The molecule has 162 valence electrons. The molecule has 29 heavy (non-hydrogen) atoms. The van der Waals surface area contributed by atoms with Crippen LogP contribution in [0.5, 0.6) is 0 Å². The number of aromatic nitrogens is 3. The third-order valence-corrected chi connectivity index (χ3v) is 5.52. The van der Waals surface area contributed by atoms with E-state index in [2.05, 4.69) is 36.0 Å². The molecule has 0 N–H and O–H groups in total. The predicted molar refractivity (Wildman–Crippen MR) is 114 cm³/mol. The number of ether oxygens (including phenoxy) is 1. The van der Waals surface area contributed by atoms with E-state index in [4.69, 9.17) is 0 Å².